The van der Waals surface area contributed by atoms with E-state index in [0.29, 0.717) is 0 Å². The lowest BCUT2D eigenvalue weighted by atomic mass is 9.92. The maximum absolute atomic E-state index is 6.28. The summed E-state index contributed by atoms with van der Waals surface area (Å²) in [7, 11) is 0. The van der Waals surface area contributed by atoms with Crippen molar-refractivity contribution in [2.45, 2.75) is 0 Å². The average Bonchev–Trinajstić information content (AvgIpc) is 3.83. The van der Waals surface area contributed by atoms with Gasteiger partial charge >= 0.3 is 0 Å². The minimum Gasteiger partial charge on any atom is -0.456 e. The summed E-state index contributed by atoms with van der Waals surface area (Å²) in [5.41, 5.74) is 12.2. The zero-order valence-corrected chi connectivity index (χ0v) is 30.6. The molecule has 258 valence electrons. The highest BCUT2D eigenvalue weighted by Crippen LogP contribution is 2.46. The topological polar surface area (TPSA) is 16.4 Å². The number of thiophene rings is 1. The zero-order chi connectivity index (χ0) is 36.3. The van der Waals surface area contributed by atoms with Crippen LogP contribution in [0.15, 0.2) is 205 Å². The van der Waals surface area contributed by atoms with E-state index in [2.05, 4.69) is 193 Å². The van der Waals surface area contributed by atoms with Crippen LogP contribution in [0.4, 0.5) is 17.1 Å². The number of benzene rings is 9. The van der Waals surface area contributed by atoms with Crippen molar-refractivity contribution in [1.29, 1.82) is 0 Å². The van der Waals surface area contributed by atoms with Crippen LogP contribution < -0.4 is 4.90 Å². The number of furan rings is 1. The Kier molecular flexibility index (Phi) is 7.39. The van der Waals surface area contributed by atoms with Gasteiger partial charge in [0, 0.05) is 53.6 Å². The molecule has 0 amide bonds. The number of hydrogen-bond acceptors (Lipinski definition) is 3. The molecule has 0 fully saturated rings. The van der Waals surface area contributed by atoms with Gasteiger partial charge in [0.25, 0.3) is 0 Å². The molecule has 0 aliphatic carbocycles. The standard InChI is InChI=1S/C52H33NOS/c1-2-12-36(13-3-1)42-29-27-40(32-47(42)46-18-10-17-45-44-16-7-9-20-51(44)55-52(45)46)53(41-28-30-50-48(33-41)43-15-6-8-19-49(43)54-50)39-25-23-35(24-26-39)38-22-21-34-11-4-5-14-37(34)31-38/h1-33H. The smallest absolute Gasteiger partial charge is 0.135 e. The molecule has 55 heavy (non-hydrogen) atoms. The molecule has 11 aromatic rings. The molecular formula is C52H33NOS. The summed E-state index contributed by atoms with van der Waals surface area (Å²) in [4.78, 5) is 2.38. The van der Waals surface area contributed by atoms with E-state index in [4.69, 9.17) is 4.42 Å². The lowest BCUT2D eigenvalue weighted by Gasteiger charge is -2.27. The van der Waals surface area contributed by atoms with Crippen LogP contribution >= 0.6 is 11.3 Å². The van der Waals surface area contributed by atoms with Gasteiger partial charge in [-0.25, -0.2) is 0 Å². The van der Waals surface area contributed by atoms with Crippen LogP contribution in [0.1, 0.15) is 0 Å². The quantitative estimate of drug-likeness (QED) is 0.170. The molecule has 0 saturated carbocycles. The summed E-state index contributed by atoms with van der Waals surface area (Å²) in [5.74, 6) is 0. The van der Waals surface area contributed by atoms with E-state index in [1.54, 1.807) is 0 Å². The second-order valence-electron chi connectivity index (χ2n) is 14.1. The van der Waals surface area contributed by atoms with Crippen LogP contribution in [-0.2, 0) is 0 Å². The van der Waals surface area contributed by atoms with E-state index in [-0.39, 0.29) is 0 Å². The predicted molar refractivity (Wildman–Crippen MR) is 235 cm³/mol. The van der Waals surface area contributed by atoms with E-state index >= 15 is 0 Å². The van der Waals surface area contributed by atoms with E-state index < -0.39 is 0 Å². The summed E-state index contributed by atoms with van der Waals surface area (Å²) in [6.07, 6.45) is 0. The maximum Gasteiger partial charge on any atom is 0.135 e. The molecule has 2 aromatic heterocycles. The number of anilines is 3. The third-order valence-corrected chi connectivity index (χ3v) is 12.1. The first-order valence-electron chi connectivity index (χ1n) is 18.7. The van der Waals surface area contributed by atoms with Gasteiger partial charge in [-0.1, -0.05) is 140 Å². The van der Waals surface area contributed by atoms with E-state index in [0.717, 1.165) is 39.0 Å². The normalized spacial score (nSPS) is 11.6. The van der Waals surface area contributed by atoms with Gasteiger partial charge in [0.1, 0.15) is 11.2 Å². The van der Waals surface area contributed by atoms with Crippen LogP contribution in [0.2, 0.25) is 0 Å². The van der Waals surface area contributed by atoms with Gasteiger partial charge in [-0.2, -0.15) is 0 Å². The van der Waals surface area contributed by atoms with E-state index in [1.165, 1.54) is 64.3 Å². The zero-order valence-electron chi connectivity index (χ0n) is 29.8. The van der Waals surface area contributed by atoms with Crippen molar-refractivity contribution in [2.75, 3.05) is 4.90 Å². The summed E-state index contributed by atoms with van der Waals surface area (Å²) in [5, 5.41) is 7.30. The largest absolute Gasteiger partial charge is 0.456 e. The Bertz CT molecular complexity index is 3210. The molecule has 3 heteroatoms. The minimum absolute atomic E-state index is 0.883. The van der Waals surface area contributed by atoms with Gasteiger partial charge in [0.05, 0.1) is 0 Å². The Morgan fingerprint density at radius 1 is 0.345 bits per heavy atom. The number of nitrogens with zero attached hydrogens (tertiary/aromatic N) is 1. The van der Waals surface area contributed by atoms with Crippen LogP contribution in [-0.4, -0.2) is 0 Å². The summed E-state index contributed by atoms with van der Waals surface area (Å²) in [6.45, 7) is 0. The highest BCUT2D eigenvalue weighted by Gasteiger charge is 2.20. The molecule has 0 spiro atoms. The molecule has 0 aliphatic rings. The number of rotatable bonds is 6. The molecule has 0 bridgehead atoms. The van der Waals surface area contributed by atoms with Crippen LogP contribution in [0.25, 0.3) is 86.3 Å². The van der Waals surface area contributed by atoms with Crippen molar-refractivity contribution in [3.05, 3.63) is 200 Å². The number of fused-ring (bicyclic) bond motifs is 7. The Morgan fingerprint density at radius 3 is 1.91 bits per heavy atom. The predicted octanol–water partition coefficient (Wildman–Crippen LogP) is 15.6. The van der Waals surface area contributed by atoms with Crippen molar-refractivity contribution in [3.63, 3.8) is 0 Å². The molecule has 11 rings (SSSR count). The van der Waals surface area contributed by atoms with Crippen molar-refractivity contribution in [1.82, 2.24) is 0 Å². The molecule has 2 nitrogen and oxygen atoms in total. The molecule has 9 aromatic carbocycles. The van der Waals surface area contributed by atoms with Crippen molar-refractivity contribution < 1.29 is 4.42 Å². The van der Waals surface area contributed by atoms with Gasteiger partial charge in [-0.3, -0.25) is 0 Å². The Hall–Kier alpha value is -6.94. The third-order valence-electron chi connectivity index (χ3n) is 10.9. The Morgan fingerprint density at radius 2 is 1.02 bits per heavy atom. The SMILES string of the molecule is c1ccc(-c2ccc(N(c3ccc(-c4ccc5ccccc5c4)cc3)c3ccc4oc5ccccc5c4c3)cc2-c2cccc3c2sc2ccccc23)cc1. The second kappa shape index (κ2) is 12.9. The maximum atomic E-state index is 6.28. The Labute approximate surface area is 322 Å². The molecule has 0 radical (unpaired) electrons. The molecule has 2 heterocycles. The minimum atomic E-state index is 0.883. The Balaban J connectivity index is 1.12. The molecule has 0 atom stereocenters. The first-order valence-corrected chi connectivity index (χ1v) is 19.5. The first-order chi connectivity index (χ1) is 27.2. The molecule has 0 saturated heterocycles. The number of para-hydroxylation sites is 1. The van der Waals surface area contributed by atoms with E-state index in [1.807, 2.05) is 23.5 Å². The number of hydrogen-bond donors (Lipinski definition) is 0. The van der Waals surface area contributed by atoms with Gasteiger partial charge < -0.3 is 9.32 Å². The van der Waals surface area contributed by atoms with E-state index in [9.17, 15) is 0 Å². The average molecular weight is 720 g/mol. The third kappa shape index (κ3) is 5.40. The first kappa shape index (κ1) is 31.6. The van der Waals surface area contributed by atoms with Gasteiger partial charge in [0.15, 0.2) is 0 Å². The summed E-state index contributed by atoms with van der Waals surface area (Å²) < 4.78 is 8.89. The van der Waals surface area contributed by atoms with Crippen molar-refractivity contribution >= 4 is 81.3 Å². The van der Waals surface area contributed by atoms with Crippen LogP contribution in [0.3, 0.4) is 0 Å². The van der Waals surface area contributed by atoms with Crippen molar-refractivity contribution in [2.24, 2.45) is 0 Å². The fraction of sp³-hybridized carbons (Fsp3) is 0. The summed E-state index contributed by atoms with van der Waals surface area (Å²) >= 11 is 1.87. The van der Waals surface area contributed by atoms with Gasteiger partial charge in [-0.05, 0) is 99.3 Å². The fourth-order valence-electron chi connectivity index (χ4n) is 8.20. The van der Waals surface area contributed by atoms with Crippen molar-refractivity contribution in [3.8, 4) is 33.4 Å². The summed E-state index contributed by atoms with van der Waals surface area (Å²) in [6, 6.07) is 72.3. The lowest BCUT2D eigenvalue weighted by molar-refractivity contribution is 0.669. The molecular weight excluding hydrogens is 687 g/mol. The fourth-order valence-corrected chi connectivity index (χ4v) is 9.43. The van der Waals surface area contributed by atoms with Crippen LogP contribution in [0, 0.1) is 0 Å². The lowest BCUT2D eigenvalue weighted by Crippen LogP contribution is -2.10. The second-order valence-corrected chi connectivity index (χ2v) is 15.2. The van der Waals surface area contributed by atoms with Gasteiger partial charge in [0.2, 0.25) is 0 Å². The highest BCUT2D eigenvalue weighted by atomic mass is 32.1. The highest BCUT2D eigenvalue weighted by molar-refractivity contribution is 7.26. The van der Waals surface area contributed by atoms with Gasteiger partial charge in [-0.15, -0.1) is 11.3 Å². The molecule has 0 N–H and O–H groups in total. The monoisotopic (exact) mass is 719 g/mol. The molecule has 0 aliphatic heterocycles. The van der Waals surface area contributed by atoms with Crippen LogP contribution in [0.5, 0.6) is 0 Å². The molecule has 0 unspecified atom stereocenters.